The molecule has 0 saturated carbocycles. The van der Waals surface area contributed by atoms with Crippen LogP contribution in [0.5, 0.6) is 5.75 Å². The molecule has 1 amide bonds. The highest BCUT2D eigenvalue weighted by Gasteiger charge is 2.25. The Morgan fingerprint density at radius 3 is 2.82 bits per heavy atom. The first-order chi connectivity index (χ1) is 13.1. The molecule has 2 N–H and O–H groups in total. The molecule has 1 aliphatic rings. The highest BCUT2D eigenvalue weighted by molar-refractivity contribution is 5.85. The van der Waals surface area contributed by atoms with Crippen LogP contribution in [0, 0.1) is 5.92 Å². The highest BCUT2D eigenvalue weighted by Crippen LogP contribution is 2.21. The summed E-state index contributed by atoms with van der Waals surface area (Å²) in [6.07, 6.45) is 3.93. The number of methoxy groups -OCH3 is 1. The van der Waals surface area contributed by atoms with E-state index < -0.39 is 0 Å². The molecule has 0 radical (unpaired) electrons. The van der Waals surface area contributed by atoms with Crippen molar-refractivity contribution in [1.29, 1.82) is 0 Å². The summed E-state index contributed by atoms with van der Waals surface area (Å²) in [5.41, 5.74) is 6.87. The molecule has 28 heavy (non-hydrogen) atoms. The molecular formula is C20H29ClN4O3. The number of hydrogen-bond acceptors (Lipinski definition) is 6. The van der Waals surface area contributed by atoms with E-state index in [1.54, 1.807) is 7.11 Å². The van der Waals surface area contributed by atoms with Crippen LogP contribution in [-0.4, -0.2) is 47.2 Å². The average Bonchev–Trinajstić information content (AvgIpc) is 3.17. The number of halogens is 1. The van der Waals surface area contributed by atoms with Crippen LogP contribution in [0.2, 0.25) is 0 Å². The first-order valence-corrected chi connectivity index (χ1v) is 9.57. The smallest absolute Gasteiger partial charge is 0.226 e. The van der Waals surface area contributed by atoms with Crippen LogP contribution in [0.4, 0.5) is 0 Å². The fourth-order valence-electron chi connectivity index (χ4n) is 3.43. The Hall–Kier alpha value is -2.12. The second-order valence-electron chi connectivity index (χ2n) is 7.19. The van der Waals surface area contributed by atoms with Gasteiger partial charge in [0.25, 0.3) is 0 Å². The van der Waals surface area contributed by atoms with Gasteiger partial charge in [-0.3, -0.25) is 4.79 Å². The number of nitrogens with two attached hydrogens (primary N) is 1. The van der Waals surface area contributed by atoms with Crippen LogP contribution in [0.1, 0.15) is 38.5 Å². The van der Waals surface area contributed by atoms with E-state index in [1.165, 1.54) is 0 Å². The van der Waals surface area contributed by atoms with E-state index in [0.29, 0.717) is 36.9 Å². The maximum atomic E-state index is 12.5. The van der Waals surface area contributed by atoms with Crippen molar-refractivity contribution in [3.8, 4) is 17.1 Å². The summed E-state index contributed by atoms with van der Waals surface area (Å²) in [6, 6.07) is 7.64. The third-order valence-corrected chi connectivity index (χ3v) is 5.15. The van der Waals surface area contributed by atoms with Gasteiger partial charge >= 0.3 is 0 Å². The SMILES string of the molecule is COc1ccc(-c2noc(CCCC(=O)N3CCCC(C(C)N)C3)n2)cc1.Cl. The zero-order chi connectivity index (χ0) is 19.2. The van der Waals surface area contributed by atoms with Gasteiger partial charge in [0.2, 0.25) is 17.6 Å². The summed E-state index contributed by atoms with van der Waals surface area (Å²) in [7, 11) is 1.63. The molecule has 154 valence electrons. The van der Waals surface area contributed by atoms with Gasteiger partial charge in [0.15, 0.2) is 0 Å². The summed E-state index contributed by atoms with van der Waals surface area (Å²) in [4.78, 5) is 18.8. The van der Waals surface area contributed by atoms with E-state index in [1.807, 2.05) is 36.1 Å². The second kappa shape index (κ2) is 10.4. The molecule has 8 heteroatoms. The minimum atomic E-state index is 0. The minimum absolute atomic E-state index is 0. The van der Waals surface area contributed by atoms with Crippen LogP contribution in [0.3, 0.4) is 0 Å². The lowest BCUT2D eigenvalue weighted by molar-refractivity contribution is -0.133. The number of benzene rings is 1. The standard InChI is InChI=1S/C20H28N4O3.ClH/c1-14(21)16-5-4-12-24(13-16)19(25)7-3-6-18-22-20(23-27-18)15-8-10-17(26-2)11-9-15;/h8-11,14,16H,3-7,12-13,21H2,1-2H3;1H. The van der Waals surface area contributed by atoms with Crippen molar-refractivity contribution in [2.75, 3.05) is 20.2 Å². The molecule has 0 spiro atoms. The average molecular weight is 409 g/mol. The number of piperidine rings is 1. The number of aromatic nitrogens is 2. The molecule has 2 unspecified atom stereocenters. The van der Waals surface area contributed by atoms with Gasteiger partial charge < -0.3 is 19.9 Å². The van der Waals surface area contributed by atoms with Gasteiger partial charge in [-0.1, -0.05) is 5.16 Å². The molecule has 0 bridgehead atoms. The number of nitrogens with zero attached hydrogens (tertiary/aromatic N) is 3. The predicted octanol–water partition coefficient (Wildman–Crippen LogP) is 3.08. The van der Waals surface area contributed by atoms with E-state index >= 15 is 0 Å². The molecule has 2 atom stereocenters. The summed E-state index contributed by atoms with van der Waals surface area (Å²) < 4.78 is 10.5. The Labute approximate surface area is 172 Å². The molecule has 3 rings (SSSR count). The Kier molecular flexibility index (Phi) is 8.26. The van der Waals surface area contributed by atoms with Gasteiger partial charge in [0, 0.05) is 37.5 Å². The molecule has 7 nitrogen and oxygen atoms in total. The van der Waals surface area contributed by atoms with E-state index in [-0.39, 0.29) is 24.4 Å². The van der Waals surface area contributed by atoms with E-state index in [9.17, 15) is 4.79 Å². The lowest BCUT2D eigenvalue weighted by atomic mass is 9.92. The molecular weight excluding hydrogens is 380 g/mol. The molecule has 1 saturated heterocycles. The zero-order valence-corrected chi connectivity index (χ0v) is 17.3. The van der Waals surface area contributed by atoms with Crippen molar-refractivity contribution in [3.05, 3.63) is 30.2 Å². The minimum Gasteiger partial charge on any atom is -0.497 e. The van der Waals surface area contributed by atoms with Gasteiger partial charge in [0.1, 0.15) is 5.75 Å². The number of ether oxygens (including phenoxy) is 1. The third kappa shape index (κ3) is 5.69. The van der Waals surface area contributed by atoms with Gasteiger partial charge in [-0.05, 0) is 56.4 Å². The van der Waals surface area contributed by atoms with Gasteiger partial charge in [0.05, 0.1) is 7.11 Å². The van der Waals surface area contributed by atoms with Crippen molar-refractivity contribution in [2.45, 2.75) is 45.1 Å². The second-order valence-corrected chi connectivity index (χ2v) is 7.19. The van der Waals surface area contributed by atoms with Crippen molar-refractivity contribution >= 4 is 18.3 Å². The number of rotatable bonds is 7. The first-order valence-electron chi connectivity index (χ1n) is 9.57. The summed E-state index contributed by atoms with van der Waals surface area (Å²) in [6.45, 7) is 3.64. The summed E-state index contributed by atoms with van der Waals surface area (Å²) >= 11 is 0. The van der Waals surface area contributed by atoms with Crippen molar-refractivity contribution < 1.29 is 14.1 Å². The Morgan fingerprint density at radius 2 is 2.14 bits per heavy atom. The number of carbonyl (C=O) groups excluding carboxylic acids is 1. The van der Waals surface area contributed by atoms with Crippen LogP contribution in [0.15, 0.2) is 28.8 Å². The van der Waals surface area contributed by atoms with Crippen molar-refractivity contribution in [2.24, 2.45) is 11.7 Å². The number of hydrogen-bond donors (Lipinski definition) is 1. The van der Waals surface area contributed by atoms with Crippen LogP contribution >= 0.6 is 12.4 Å². The Bertz CT molecular complexity index is 748. The lowest BCUT2D eigenvalue weighted by Crippen LogP contribution is -2.45. The fraction of sp³-hybridized carbons (Fsp3) is 0.550. The molecule has 1 aromatic heterocycles. The maximum absolute atomic E-state index is 12.5. The van der Waals surface area contributed by atoms with Crippen LogP contribution in [-0.2, 0) is 11.2 Å². The van der Waals surface area contributed by atoms with Gasteiger partial charge in [-0.25, -0.2) is 0 Å². The Balaban J connectivity index is 0.00000280. The monoisotopic (exact) mass is 408 g/mol. The quantitative estimate of drug-likeness (QED) is 0.756. The number of aryl methyl sites for hydroxylation is 1. The molecule has 2 aromatic rings. The fourth-order valence-corrected chi connectivity index (χ4v) is 3.43. The summed E-state index contributed by atoms with van der Waals surface area (Å²) in [5, 5.41) is 4.02. The molecule has 1 aromatic carbocycles. The molecule has 1 fully saturated rings. The molecule has 1 aliphatic heterocycles. The maximum Gasteiger partial charge on any atom is 0.226 e. The van der Waals surface area contributed by atoms with Crippen LogP contribution < -0.4 is 10.5 Å². The van der Waals surface area contributed by atoms with Crippen LogP contribution in [0.25, 0.3) is 11.4 Å². The number of amides is 1. The van der Waals surface area contributed by atoms with Gasteiger partial charge in [-0.2, -0.15) is 4.98 Å². The first kappa shape index (κ1) is 22.2. The van der Waals surface area contributed by atoms with Crippen molar-refractivity contribution in [1.82, 2.24) is 15.0 Å². The van der Waals surface area contributed by atoms with E-state index in [4.69, 9.17) is 15.0 Å². The van der Waals surface area contributed by atoms with E-state index in [0.717, 1.165) is 37.2 Å². The molecule has 0 aliphatic carbocycles. The predicted molar refractivity (Wildman–Crippen MR) is 109 cm³/mol. The highest BCUT2D eigenvalue weighted by atomic mass is 35.5. The summed E-state index contributed by atoms with van der Waals surface area (Å²) in [5.74, 6) is 2.49. The zero-order valence-electron chi connectivity index (χ0n) is 16.5. The third-order valence-electron chi connectivity index (χ3n) is 5.15. The van der Waals surface area contributed by atoms with E-state index in [2.05, 4.69) is 10.1 Å². The number of likely N-dealkylation sites (tertiary alicyclic amines) is 1. The van der Waals surface area contributed by atoms with Crippen molar-refractivity contribution in [3.63, 3.8) is 0 Å². The normalized spacial score (nSPS) is 17.7. The largest absolute Gasteiger partial charge is 0.497 e. The lowest BCUT2D eigenvalue weighted by Gasteiger charge is -2.34. The number of carbonyl (C=O) groups is 1. The molecule has 2 heterocycles. The Morgan fingerprint density at radius 1 is 1.39 bits per heavy atom. The van der Waals surface area contributed by atoms with Gasteiger partial charge in [-0.15, -0.1) is 12.4 Å². The topological polar surface area (TPSA) is 94.5 Å².